The number of rotatable bonds is 4. The smallest absolute Gasteiger partial charge is 0.393 e. The molecule has 1 aliphatic rings. The van der Waals surface area contributed by atoms with E-state index >= 15 is 0 Å². The van der Waals surface area contributed by atoms with Crippen LogP contribution in [0, 0.1) is 12.8 Å². The van der Waals surface area contributed by atoms with Crippen LogP contribution in [0.25, 0.3) is 5.69 Å². The zero-order valence-electron chi connectivity index (χ0n) is 17.6. The summed E-state index contributed by atoms with van der Waals surface area (Å²) in [5, 5.41) is 23.9. The molecular formula is C22H24F3N5O2. The average Bonchev–Trinajstić information content (AvgIpc) is 3.22. The number of aromatic nitrogens is 4. The van der Waals surface area contributed by atoms with Gasteiger partial charge in [0.05, 0.1) is 18.1 Å². The minimum absolute atomic E-state index is 0.0406. The van der Waals surface area contributed by atoms with Crippen molar-refractivity contribution < 1.29 is 23.4 Å². The molecule has 4 rings (SSSR count). The summed E-state index contributed by atoms with van der Waals surface area (Å²) in [5.74, 6) is -0.201. The fourth-order valence-corrected chi connectivity index (χ4v) is 4.07. The topological polar surface area (TPSA) is 96.1 Å². The summed E-state index contributed by atoms with van der Waals surface area (Å²) in [6.45, 7) is 3.76. The van der Waals surface area contributed by atoms with Gasteiger partial charge in [-0.05, 0) is 61.9 Å². The lowest BCUT2D eigenvalue weighted by atomic mass is 9.76. The van der Waals surface area contributed by atoms with E-state index in [1.165, 1.54) is 0 Å². The second-order valence-electron chi connectivity index (χ2n) is 8.43. The minimum atomic E-state index is -4.56. The monoisotopic (exact) mass is 447 g/mol. The van der Waals surface area contributed by atoms with Crippen molar-refractivity contribution in [2.75, 3.05) is 5.32 Å². The SMILES string of the molecule is Cc1cc(Nc2nccc(C(F)(F)F)n2)cc(-n2cnc([C@]3(O)CC[C@H](O)[C@@H](C)C3)c2)c1. The van der Waals surface area contributed by atoms with Crippen LogP contribution in [0.15, 0.2) is 43.0 Å². The maximum absolute atomic E-state index is 12.9. The Bertz CT molecular complexity index is 1120. The van der Waals surface area contributed by atoms with Crippen LogP contribution in [0.4, 0.5) is 24.8 Å². The third kappa shape index (κ3) is 4.61. The van der Waals surface area contributed by atoms with Crippen LogP contribution >= 0.6 is 0 Å². The second kappa shape index (κ2) is 8.18. The Hall–Kier alpha value is -2.98. The summed E-state index contributed by atoms with van der Waals surface area (Å²) >= 11 is 0. The van der Waals surface area contributed by atoms with Crippen molar-refractivity contribution in [1.82, 2.24) is 19.5 Å². The predicted octanol–water partition coefficient (Wildman–Crippen LogP) is 4.10. The first-order valence-electron chi connectivity index (χ1n) is 10.3. The van der Waals surface area contributed by atoms with Gasteiger partial charge in [0.15, 0.2) is 0 Å². The summed E-state index contributed by atoms with van der Waals surface area (Å²) in [5.41, 5.74) is 0.477. The minimum Gasteiger partial charge on any atom is -0.393 e. The van der Waals surface area contributed by atoms with Gasteiger partial charge >= 0.3 is 6.18 Å². The van der Waals surface area contributed by atoms with Gasteiger partial charge in [-0.1, -0.05) is 6.92 Å². The van der Waals surface area contributed by atoms with Crippen molar-refractivity contribution in [3.05, 3.63) is 59.9 Å². The standard InChI is InChI=1S/C22H24F3N5O2/c1-13-7-15(28-20-26-6-4-18(29-20)22(23,24)25)9-16(8-13)30-11-19(27-12-30)21(32)5-3-17(31)14(2)10-21/h4,6-9,11-12,14,17,31-32H,3,5,10H2,1-2H3,(H,26,28,29)/t14-,17-,21-/m0/s1. The Morgan fingerprint density at radius 2 is 2.00 bits per heavy atom. The van der Waals surface area contributed by atoms with Gasteiger partial charge in [-0.15, -0.1) is 0 Å². The lowest BCUT2D eigenvalue weighted by Crippen LogP contribution is -2.38. The molecular weight excluding hydrogens is 423 g/mol. The number of hydrogen-bond acceptors (Lipinski definition) is 6. The van der Waals surface area contributed by atoms with E-state index in [1.807, 2.05) is 19.9 Å². The van der Waals surface area contributed by atoms with Crippen molar-refractivity contribution in [2.24, 2.45) is 5.92 Å². The lowest BCUT2D eigenvalue weighted by molar-refractivity contribution is -0.141. The number of anilines is 2. The number of aliphatic hydroxyl groups excluding tert-OH is 1. The number of aryl methyl sites for hydroxylation is 1. The average molecular weight is 447 g/mol. The van der Waals surface area contributed by atoms with Crippen LogP contribution in [0.1, 0.15) is 43.1 Å². The number of alkyl halides is 3. The highest BCUT2D eigenvalue weighted by molar-refractivity contribution is 5.59. The maximum Gasteiger partial charge on any atom is 0.433 e. The maximum atomic E-state index is 12.9. The van der Waals surface area contributed by atoms with Crippen LogP contribution in [0.2, 0.25) is 0 Å². The Morgan fingerprint density at radius 1 is 1.22 bits per heavy atom. The summed E-state index contributed by atoms with van der Waals surface area (Å²) in [6, 6.07) is 6.21. The molecule has 32 heavy (non-hydrogen) atoms. The molecule has 0 aliphatic heterocycles. The highest BCUT2D eigenvalue weighted by atomic mass is 19.4. The van der Waals surface area contributed by atoms with E-state index in [-0.39, 0.29) is 11.9 Å². The molecule has 0 spiro atoms. The molecule has 3 N–H and O–H groups in total. The number of aliphatic hydroxyl groups is 2. The highest BCUT2D eigenvalue weighted by Gasteiger charge is 2.40. The molecule has 10 heteroatoms. The van der Waals surface area contributed by atoms with Crippen LogP contribution in [0.3, 0.4) is 0 Å². The van der Waals surface area contributed by atoms with Gasteiger partial charge in [0.25, 0.3) is 0 Å². The van der Waals surface area contributed by atoms with Gasteiger partial charge in [0.2, 0.25) is 5.95 Å². The zero-order valence-corrected chi connectivity index (χ0v) is 17.6. The van der Waals surface area contributed by atoms with Crippen molar-refractivity contribution in [2.45, 2.75) is 51.0 Å². The third-order valence-corrected chi connectivity index (χ3v) is 5.79. The number of halogens is 3. The number of hydrogen-bond donors (Lipinski definition) is 3. The van der Waals surface area contributed by atoms with E-state index in [2.05, 4.69) is 20.3 Å². The van der Waals surface area contributed by atoms with E-state index in [1.54, 1.807) is 29.2 Å². The first-order chi connectivity index (χ1) is 15.0. The van der Waals surface area contributed by atoms with E-state index in [0.29, 0.717) is 36.3 Å². The Labute approximate surface area is 183 Å². The van der Waals surface area contributed by atoms with Crippen molar-refractivity contribution in [3.63, 3.8) is 0 Å². The normalized spacial score (nSPS) is 23.8. The van der Waals surface area contributed by atoms with E-state index in [9.17, 15) is 23.4 Å². The fraction of sp³-hybridized carbons (Fsp3) is 0.409. The van der Waals surface area contributed by atoms with Crippen LogP contribution in [-0.2, 0) is 11.8 Å². The molecule has 0 radical (unpaired) electrons. The molecule has 1 fully saturated rings. The van der Waals surface area contributed by atoms with Gasteiger partial charge in [0.1, 0.15) is 11.3 Å². The third-order valence-electron chi connectivity index (χ3n) is 5.79. The molecule has 0 amide bonds. The molecule has 1 aromatic carbocycles. The molecule has 1 aliphatic carbocycles. The molecule has 1 saturated carbocycles. The quantitative estimate of drug-likeness (QED) is 0.557. The number of nitrogens with one attached hydrogen (secondary N) is 1. The Kier molecular flexibility index (Phi) is 5.68. The lowest BCUT2D eigenvalue weighted by Gasteiger charge is -2.37. The summed E-state index contributed by atoms with van der Waals surface area (Å²) < 4.78 is 40.5. The number of benzene rings is 1. The number of imidazole rings is 1. The van der Waals surface area contributed by atoms with E-state index in [4.69, 9.17) is 0 Å². The molecule has 2 heterocycles. The summed E-state index contributed by atoms with van der Waals surface area (Å²) in [6.07, 6.45) is 0.728. The van der Waals surface area contributed by atoms with E-state index < -0.39 is 23.6 Å². The molecule has 3 atom stereocenters. The molecule has 0 saturated heterocycles. The van der Waals surface area contributed by atoms with Gasteiger partial charge in [-0.2, -0.15) is 13.2 Å². The summed E-state index contributed by atoms with van der Waals surface area (Å²) in [4.78, 5) is 11.8. The Morgan fingerprint density at radius 3 is 2.72 bits per heavy atom. The van der Waals surface area contributed by atoms with Gasteiger partial charge in [-0.3, -0.25) is 0 Å². The van der Waals surface area contributed by atoms with Crippen LogP contribution in [-0.4, -0.2) is 35.8 Å². The summed E-state index contributed by atoms with van der Waals surface area (Å²) in [7, 11) is 0. The number of nitrogens with zero attached hydrogens (tertiary/aromatic N) is 4. The van der Waals surface area contributed by atoms with Gasteiger partial charge in [-0.25, -0.2) is 15.0 Å². The van der Waals surface area contributed by atoms with Crippen molar-refractivity contribution >= 4 is 11.6 Å². The molecule has 7 nitrogen and oxygen atoms in total. The first kappa shape index (κ1) is 22.2. The fourth-order valence-electron chi connectivity index (χ4n) is 4.07. The highest BCUT2D eigenvalue weighted by Crippen LogP contribution is 2.39. The molecule has 3 aromatic rings. The van der Waals surface area contributed by atoms with Gasteiger partial charge < -0.3 is 20.1 Å². The predicted molar refractivity (Wildman–Crippen MR) is 112 cm³/mol. The van der Waals surface area contributed by atoms with Crippen LogP contribution in [0.5, 0.6) is 0 Å². The molecule has 170 valence electrons. The first-order valence-corrected chi connectivity index (χ1v) is 10.3. The zero-order chi connectivity index (χ0) is 23.1. The Balaban J connectivity index is 1.59. The largest absolute Gasteiger partial charge is 0.433 e. The molecule has 0 unspecified atom stereocenters. The van der Waals surface area contributed by atoms with Crippen LogP contribution < -0.4 is 5.32 Å². The van der Waals surface area contributed by atoms with E-state index in [0.717, 1.165) is 17.8 Å². The molecule has 2 aromatic heterocycles. The molecule has 0 bridgehead atoms. The van der Waals surface area contributed by atoms with Gasteiger partial charge in [0, 0.05) is 23.8 Å². The second-order valence-corrected chi connectivity index (χ2v) is 8.43. The van der Waals surface area contributed by atoms with Crippen molar-refractivity contribution in [3.8, 4) is 5.69 Å². The van der Waals surface area contributed by atoms with Crippen molar-refractivity contribution in [1.29, 1.82) is 0 Å².